The molecule has 3 heterocycles. The van der Waals surface area contributed by atoms with Crippen molar-refractivity contribution < 1.29 is 4.79 Å². The second kappa shape index (κ2) is 7.09. The molecule has 1 aliphatic carbocycles. The highest BCUT2D eigenvalue weighted by atomic mass is 32.2. The van der Waals surface area contributed by atoms with Gasteiger partial charge in [-0.15, -0.1) is 11.8 Å². The standard InChI is InChI=1S/C18H23N5OS/c19-14-3-1-2-12(14)10-22-18(24)16-11-23(8-9-25-16)15-5-7-21-17-13(15)4-6-20-17/h4-7,11-12,14H,1-3,8-10,19H2,(H,20,21)(H,22,24)/t12-,14-/m1/s1. The van der Waals surface area contributed by atoms with Gasteiger partial charge in [0.05, 0.1) is 10.6 Å². The van der Waals surface area contributed by atoms with Crippen molar-refractivity contribution in [2.45, 2.75) is 25.3 Å². The summed E-state index contributed by atoms with van der Waals surface area (Å²) in [6, 6.07) is 4.24. The summed E-state index contributed by atoms with van der Waals surface area (Å²) in [6.45, 7) is 1.55. The summed E-state index contributed by atoms with van der Waals surface area (Å²) in [7, 11) is 0. The zero-order valence-electron chi connectivity index (χ0n) is 14.1. The minimum absolute atomic E-state index is 0.00756. The molecule has 1 saturated carbocycles. The lowest BCUT2D eigenvalue weighted by Gasteiger charge is -2.27. The zero-order chi connectivity index (χ0) is 17.2. The van der Waals surface area contributed by atoms with Crippen molar-refractivity contribution in [3.8, 4) is 0 Å². The van der Waals surface area contributed by atoms with Crippen LogP contribution in [0.2, 0.25) is 0 Å². The summed E-state index contributed by atoms with van der Waals surface area (Å²) < 4.78 is 0. The van der Waals surface area contributed by atoms with Crippen LogP contribution in [0.4, 0.5) is 5.69 Å². The first-order chi connectivity index (χ1) is 12.2. The number of fused-ring (bicyclic) bond motifs is 1. The Morgan fingerprint density at radius 1 is 1.44 bits per heavy atom. The molecule has 2 aromatic rings. The van der Waals surface area contributed by atoms with E-state index in [1.165, 1.54) is 6.42 Å². The van der Waals surface area contributed by atoms with Gasteiger partial charge in [-0.3, -0.25) is 4.79 Å². The van der Waals surface area contributed by atoms with Gasteiger partial charge < -0.3 is 20.9 Å². The molecule has 1 aliphatic heterocycles. The van der Waals surface area contributed by atoms with Crippen LogP contribution in [0.25, 0.3) is 11.0 Å². The summed E-state index contributed by atoms with van der Waals surface area (Å²) in [4.78, 5) is 22.9. The molecule has 0 aromatic carbocycles. The highest BCUT2D eigenvalue weighted by Crippen LogP contribution is 2.30. The maximum Gasteiger partial charge on any atom is 0.259 e. The van der Waals surface area contributed by atoms with Gasteiger partial charge in [-0.1, -0.05) is 6.42 Å². The van der Waals surface area contributed by atoms with Crippen molar-refractivity contribution >= 4 is 34.4 Å². The number of H-pyrrole nitrogens is 1. The van der Waals surface area contributed by atoms with E-state index in [-0.39, 0.29) is 11.9 Å². The highest BCUT2D eigenvalue weighted by Gasteiger charge is 2.25. The zero-order valence-corrected chi connectivity index (χ0v) is 14.9. The summed E-state index contributed by atoms with van der Waals surface area (Å²) >= 11 is 1.61. The third kappa shape index (κ3) is 3.39. The number of rotatable bonds is 4. The summed E-state index contributed by atoms with van der Waals surface area (Å²) in [5, 5.41) is 4.15. The highest BCUT2D eigenvalue weighted by molar-refractivity contribution is 8.04. The molecular formula is C18H23N5OS. The van der Waals surface area contributed by atoms with Crippen molar-refractivity contribution in [2.75, 3.05) is 23.7 Å². The number of amides is 1. The van der Waals surface area contributed by atoms with E-state index in [9.17, 15) is 4.79 Å². The summed E-state index contributed by atoms with van der Waals surface area (Å²) in [6.07, 6.45) is 9.00. The fourth-order valence-corrected chi connectivity index (χ4v) is 4.55. The number of aromatic nitrogens is 2. The summed E-state index contributed by atoms with van der Waals surface area (Å²) in [5.41, 5.74) is 8.04. The Labute approximate surface area is 151 Å². The molecule has 25 heavy (non-hydrogen) atoms. The van der Waals surface area contributed by atoms with Crippen LogP contribution in [0.15, 0.2) is 35.6 Å². The molecule has 2 aromatic heterocycles. The number of aromatic amines is 1. The number of hydrogen-bond acceptors (Lipinski definition) is 5. The fourth-order valence-electron chi connectivity index (χ4n) is 3.64. The predicted octanol–water partition coefficient (Wildman–Crippen LogP) is 2.20. The molecule has 132 valence electrons. The van der Waals surface area contributed by atoms with Gasteiger partial charge in [-0.05, 0) is 30.9 Å². The van der Waals surface area contributed by atoms with E-state index in [0.29, 0.717) is 12.5 Å². The number of nitrogens with two attached hydrogens (primary N) is 1. The molecule has 4 rings (SSSR count). The molecule has 0 saturated heterocycles. The molecule has 0 bridgehead atoms. The average molecular weight is 357 g/mol. The number of pyridine rings is 1. The number of nitrogens with zero attached hydrogens (tertiary/aromatic N) is 2. The van der Waals surface area contributed by atoms with Gasteiger partial charge in [-0.25, -0.2) is 4.98 Å². The molecule has 6 nitrogen and oxygen atoms in total. The van der Waals surface area contributed by atoms with E-state index < -0.39 is 0 Å². The number of anilines is 1. The molecular weight excluding hydrogens is 334 g/mol. The first-order valence-electron chi connectivity index (χ1n) is 8.79. The minimum atomic E-state index is 0.00756. The lowest BCUT2D eigenvalue weighted by atomic mass is 10.1. The Morgan fingerprint density at radius 3 is 3.20 bits per heavy atom. The molecule has 4 N–H and O–H groups in total. The predicted molar refractivity (Wildman–Crippen MR) is 102 cm³/mol. The third-order valence-corrected chi connectivity index (χ3v) is 6.06. The van der Waals surface area contributed by atoms with Gasteiger partial charge in [0.25, 0.3) is 5.91 Å². The van der Waals surface area contributed by atoms with Crippen molar-refractivity contribution in [1.82, 2.24) is 15.3 Å². The molecule has 1 fully saturated rings. The Kier molecular flexibility index (Phi) is 4.67. The molecule has 0 unspecified atom stereocenters. The van der Waals surface area contributed by atoms with Crippen LogP contribution in [0, 0.1) is 5.92 Å². The fraction of sp³-hybridized carbons (Fsp3) is 0.444. The van der Waals surface area contributed by atoms with Crippen LogP contribution in [0.1, 0.15) is 19.3 Å². The third-order valence-electron chi connectivity index (χ3n) is 5.08. The lowest BCUT2D eigenvalue weighted by Crippen LogP contribution is -2.37. The number of carbonyl (C=O) groups is 1. The van der Waals surface area contributed by atoms with Crippen LogP contribution in [-0.2, 0) is 4.79 Å². The molecule has 2 aliphatic rings. The quantitative estimate of drug-likeness (QED) is 0.781. The second-order valence-corrected chi connectivity index (χ2v) is 7.81. The smallest absolute Gasteiger partial charge is 0.259 e. The Balaban J connectivity index is 1.48. The monoisotopic (exact) mass is 357 g/mol. The SMILES string of the molecule is N[C@@H]1CCC[C@@H]1CNC(=O)C1=CN(c2ccnc3[nH]ccc23)CCS1. The summed E-state index contributed by atoms with van der Waals surface area (Å²) in [5.74, 6) is 1.30. The Hall–Kier alpha value is -1.99. The normalized spacial score (nSPS) is 23.7. The topological polar surface area (TPSA) is 87.0 Å². The second-order valence-electron chi connectivity index (χ2n) is 6.67. The maximum absolute atomic E-state index is 12.6. The molecule has 0 spiro atoms. The molecule has 1 amide bonds. The van der Waals surface area contributed by atoms with E-state index in [4.69, 9.17) is 5.73 Å². The van der Waals surface area contributed by atoms with Crippen LogP contribution < -0.4 is 16.0 Å². The van der Waals surface area contributed by atoms with Gasteiger partial charge in [-0.2, -0.15) is 0 Å². The molecule has 2 atom stereocenters. The van der Waals surface area contributed by atoms with Crippen molar-refractivity contribution in [3.05, 3.63) is 35.6 Å². The van der Waals surface area contributed by atoms with E-state index in [1.807, 2.05) is 24.5 Å². The van der Waals surface area contributed by atoms with Crippen LogP contribution in [0.5, 0.6) is 0 Å². The Morgan fingerprint density at radius 2 is 2.36 bits per heavy atom. The van der Waals surface area contributed by atoms with E-state index in [0.717, 1.165) is 46.8 Å². The molecule has 7 heteroatoms. The van der Waals surface area contributed by atoms with E-state index in [1.54, 1.807) is 18.0 Å². The average Bonchev–Trinajstić information content (AvgIpc) is 3.28. The first-order valence-corrected chi connectivity index (χ1v) is 9.78. The van der Waals surface area contributed by atoms with Crippen molar-refractivity contribution in [3.63, 3.8) is 0 Å². The largest absolute Gasteiger partial charge is 0.351 e. The maximum atomic E-state index is 12.6. The van der Waals surface area contributed by atoms with Crippen molar-refractivity contribution in [2.24, 2.45) is 11.7 Å². The lowest BCUT2D eigenvalue weighted by molar-refractivity contribution is -0.117. The first kappa shape index (κ1) is 16.5. The van der Waals surface area contributed by atoms with Gasteiger partial charge in [0.15, 0.2) is 0 Å². The van der Waals surface area contributed by atoms with Crippen LogP contribution >= 0.6 is 11.8 Å². The minimum Gasteiger partial charge on any atom is -0.351 e. The van der Waals surface area contributed by atoms with E-state index >= 15 is 0 Å². The van der Waals surface area contributed by atoms with Gasteiger partial charge in [0, 0.05) is 48.9 Å². The van der Waals surface area contributed by atoms with Gasteiger partial charge >= 0.3 is 0 Å². The van der Waals surface area contributed by atoms with Crippen molar-refractivity contribution in [1.29, 1.82) is 0 Å². The van der Waals surface area contributed by atoms with Crippen LogP contribution in [-0.4, -0.2) is 40.8 Å². The van der Waals surface area contributed by atoms with Gasteiger partial charge in [0.2, 0.25) is 0 Å². The van der Waals surface area contributed by atoms with Crippen LogP contribution in [0.3, 0.4) is 0 Å². The Bertz CT molecular complexity index is 802. The number of nitrogens with one attached hydrogen (secondary N) is 2. The number of thioether (sulfide) groups is 1. The van der Waals surface area contributed by atoms with Gasteiger partial charge in [0.1, 0.15) is 5.65 Å². The molecule has 0 radical (unpaired) electrons. The number of carbonyl (C=O) groups excluding carboxylic acids is 1. The van der Waals surface area contributed by atoms with E-state index in [2.05, 4.69) is 20.2 Å². The number of hydrogen-bond donors (Lipinski definition) is 3.